The number of rotatable bonds is 6. The van der Waals surface area contributed by atoms with Crippen LogP contribution in [0.15, 0.2) is 51.9 Å². The average molecular weight is 440 g/mol. The molecular weight excluding hydrogens is 418 g/mol. The Bertz CT molecular complexity index is 1230. The van der Waals surface area contributed by atoms with E-state index in [0.29, 0.717) is 11.4 Å². The van der Waals surface area contributed by atoms with E-state index in [0.717, 1.165) is 53.1 Å². The zero-order valence-corrected chi connectivity index (χ0v) is 18.2. The molecule has 154 valence electrons. The van der Waals surface area contributed by atoms with Gasteiger partial charge in [-0.15, -0.1) is 21.5 Å². The standard InChI is InChI=1S/C21H21N5O2S2/c1-14-6-7-25-18(10-14)22-15(11-19(25)27)13-30-21-24-23-20(17-5-3-9-29-17)26(21)12-16-4-2-8-28-16/h3,5-7,9-11,16H,2,4,8,12-13H2,1H3. The third-order valence-electron chi connectivity index (χ3n) is 5.09. The molecule has 4 aromatic rings. The van der Waals surface area contributed by atoms with E-state index >= 15 is 0 Å². The Morgan fingerprint density at radius 3 is 3.03 bits per heavy atom. The molecule has 0 amide bonds. The lowest BCUT2D eigenvalue weighted by Gasteiger charge is -2.14. The van der Waals surface area contributed by atoms with E-state index in [2.05, 4.69) is 25.8 Å². The summed E-state index contributed by atoms with van der Waals surface area (Å²) in [6, 6.07) is 9.50. The molecule has 1 atom stereocenters. The summed E-state index contributed by atoms with van der Waals surface area (Å²) in [6.07, 6.45) is 4.09. The summed E-state index contributed by atoms with van der Waals surface area (Å²) < 4.78 is 9.56. The topological polar surface area (TPSA) is 74.3 Å². The van der Waals surface area contributed by atoms with Crippen molar-refractivity contribution in [3.8, 4) is 10.7 Å². The van der Waals surface area contributed by atoms with Gasteiger partial charge in [-0.1, -0.05) is 17.8 Å². The molecule has 7 nitrogen and oxygen atoms in total. The molecular formula is C21H21N5O2S2. The van der Waals surface area contributed by atoms with Gasteiger partial charge in [0.15, 0.2) is 11.0 Å². The monoisotopic (exact) mass is 439 g/mol. The number of pyridine rings is 1. The molecule has 0 aliphatic carbocycles. The summed E-state index contributed by atoms with van der Waals surface area (Å²) >= 11 is 3.20. The van der Waals surface area contributed by atoms with Gasteiger partial charge in [-0.25, -0.2) is 4.98 Å². The number of fused-ring (bicyclic) bond motifs is 1. The van der Waals surface area contributed by atoms with E-state index in [9.17, 15) is 4.79 Å². The molecule has 1 aliphatic heterocycles. The lowest BCUT2D eigenvalue weighted by atomic mass is 10.2. The summed E-state index contributed by atoms with van der Waals surface area (Å²) in [5.41, 5.74) is 2.40. The van der Waals surface area contributed by atoms with Crippen LogP contribution in [0.1, 0.15) is 24.1 Å². The largest absolute Gasteiger partial charge is 0.376 e. The summed E-state index contributed by atoms with van der Waals surface area (Å²) in [4.78, 5) is 18.2. The van der Waals surface area contributed by atoms with Gasteiger partial charge >= 0.3 is 0 Å². The Morgan fingerprint density at radius 2 is 2.23 bits per heavy atom. The van der Waals surface area contributed by atoms with Gasteiger partial charge in [0.05, 0.1) is 23.2 Å². The van der Waals surface area contributed by atoms with Crippen molar-refractivity contribution in [1.29, 1.82) is 0 Å². The number of hydrogen-bond acceptors (Lipinski definition) is 7. The van der Waals surface area contributed by atoms with Crippen LogP contribution in [0.25, 0.3) is 16.3 Å². The normalized spacial score (nSPS) is 16.5. The summed E-state index contributed by atoms with van der Waals surface area (Å²) in [5, 5.41) is 11.8. The van der Waals surface area contributed by atoms with Crippen molar-refractivity contribution in [2.75, 3.05) is 6.61 Å². The second kappa shape index (κ2) is 8.33. The minimum absolute atomic E-state index is 0.0734. The van der Waals surface area contributed by atoms with Gasteiger partial charge in [-0.05, 0) is 48.9 Å². The van der Waals surface area contributed by atoms with Crippen molar-refractivity contribution in [2.24, 2.45) is 0 Å². The predicted molar refractivity (Wildman–Crippen MR) is 118 cm³/mol. The first-order valence-corrected chi connectivity index (χ1v) is 11.7. The first-order chi connectivity index (χ1) is 14.7. The smallest absolute Gasteiger partial charge is 0.258 e. The molecule has 1 fully saturated rings. The van der Waals surface area contributed by atoms with Crippen LogP contribution in [0.3, 0.4) is 0 Å². The molecule has 30 heavy (non-hydrogen) atoms. The number of thioether (sulfide) groups is 1. The van der Waals surface area contributed by atoms with Crippen molar-refractivity contribution < 1.29 is 4.74 Å². The van der Waals surface area contributed by atoms with Crippen LogP contribution in [-0.2, 0) is 17.0 Å². The molecule has 0 aromatic carbocycles. The molecule has 4 aromatic heterocycles. The fourth-order valence-electron chi connectivity index (χ4n) is 3.61. The maximum Gasteiger partial charge on any atom is 0.258 e. The van der Waals surface area contributed by atoms with Gasteiger partial charge in [-0.2, -0.15) is 0 Å². The number of aromatic nitrogens is 5. The van der Waals surface area contributed by atoms with Crippen LogP contribution >= 0.6 is 23.1 Å². The van der Waals surface area contributed by atoms with E-state index in [1.807, 2.05) is 30.5 Å². The quantitative estimate of drug-likeness (QED) is 0.426. The Labute approximate surface area is 181 Å². The first kappa shape index (κ1) is 19.5. The van der Waals surface area contributed by atoms with Crippen molar-refractivity contribution in [3.05, 3.63) is 63.5 Å². The van der Waals surface area contributed by atoms with E-state index in [-0.39, 0.29) is 11.7 Å². The van der Waals surface area contributed by atoms with Gasteiger partial charge in [0.2, 0.25) is 0 Å². The number of thiophene rings is 1. The summed E-state index contributed by atoms with van der Waals surface area (Å²) in [5.74, 6) is 1.42. The SMILES string of the molecule is Cc1ccn2c(=O)cc(CSc3nnc(-c4cccs4)n3CC3CCCO3)nc2c1. The summed E-state index contributed by atoms with van der Waals surface area (Å²) in [7, 11) is 0. The predicted octanol–water partition coefficient (Wildman–Crippen LogP) is 3.79. The highest BCUT2D eigenvalue weighted by molar-refractivity contribution is 7.98. The Hall–Kier alpha value is -2.49. The second-order valence-corrected chi connectivity index (χ2v) is 9.23. The zero-order valence-electron chi connectivity index (χ0n) is 16.5. The van der Waals surface area contributed by atoms with E-state index < -0.39 is 0 Å². The highest BCUT2D eigenvalue weighted by atomic mass is 32.2. The molecule has 0 radical (unpaired) electrons. The van der Waals surface area contributed by atoms with E-state index in [1.54, 1.807) is 39.8 Å². The first-order valence-electron chi connectivity index (χ1n) is 9.88. The minimum atomic E-state index is -0.0734. The highest BCUT2D eigenvalue weighted by Crippen LogP contribution is 2.30. The van der Waals surface area contributed by atoms with Crippen molar-refractivity contribution in [3.63, 3.8) is 0 Å². The van der Waals surface area contributed by atoms with E-state index in [1.165, 1.54) is 0 Å². The van der Waals surface area contributed by atoms with Gasteiger partial charge in [0.1, 0.15) is 5.65 Å². The Balaban J connectivity index is 1.43. The van der Waals surface area contributed by atoms with Crippen LogP contribution < -0.4 is 5.56 Å². The number of ether oxygens (including phenoxy) is 1. The number of nitrogens with zero attached hydrogens (tertiary/aromatic N) is 5. The third-order valence-corrected chi connectivity index (χ3v) is 6.96. The molecule has 9 heteroatoms. The molecule has 5 rings (SSSR count). The fourth-order valence-corrected chi connectivity index (χ4v) is 5.16. The number of aryl methyl sites for hydroxylation is 1. The molecule has 0 spiro atoms. The maximum atomic E-state index is 12.4. The lowest BCUT2D eigenvalue weighted by Crippen LogP contribution is -2.17. The molecule has 0 saturated carbocycles. The van der Waals surface area contributed by atoms with Crippen molar-refractivity contribution in [2.45, 2.75) is 43.3 Å². The molecule has 1 aliphatic rings. The van der Waals surface area contributed by atoms with Gasteiger partial charge in [0, 0.05) is 24.6 Å². The number of hydrogen-bond donors (Lipinski definition) is 0. The van der Waals surface area contributed by atoms with Crippen molar-refractivity contribution >= 4 is 28.7 Å². The zero-order chi connectivity index (χ0) is 20.5. The van der Waals surface area contributed by atoms with Crippen LogP contribution in [0.4, 0.5) is 0 Å². The molecule has 0 N–H and O–H groups in total. The molecule has 1 unspecified atom stereocenters. The molecule has 1 saturated heterocycles. The van der Waals surface area contributed by atoms with Crippen molar-refractivity contribution in [1.82, 2.24) is 24.1 Å². The third kappa shape index (κ3) is 3.92. The van der Waals surface area contributed by atoms with Gasteiger partial charge < -0.3 is 4.74 Å². The van der Waals surface area contributed by atoms with E-state index in [4.69, 9.17) is 4.74 Å². The fraction of sp³-hybridized carbons (Fsp3) is 0.333. The Kier molecular flexibility index (Phi) is 5.41. The van der Waals surface area contributed by atoms with Gasteiger partial charge in [0.25, 0.3) is 5.56 Å². The molecule has 0 bridgehead atoms. The van der Waals surface area contributed by atoms with Crippen LogP contribution in [0.5, 0.6) is 0 Å². The van der Waals surface area contributed by atoms with Gasteiger partial charge in [-0.3, -0.25) is 13.8 Å². The lowest BCUT2D eigenvalue weighted by molar-refractivity contribution is 0.0953. The molecule has 5 heterocycles. The van der Waals surface area contributed by atoms with Crippen LogP contribution in [0.2, 0.25) is 0 Å². The minimum Gasteiger partial charge on any atom is -0.376 e. The van der Waals surface area contributed by atoms with Crippen LogP contribution in [-0.4, -0.2) is 36.9 Å². The summed E-state index contributed by atoms with van der Waals surface area (Å²) in [6.45, 7) is 3.54. The second-order valence-electron chi connectivity index (χ2n) is 7.34. The Morgan fingerprint density at radius 1 is 1.30 bits per heavy atom. The highest BCUT2D eigenvalue weighted by Gasteiger charge is 2.22. The maximum absolute atomic E-state index is 12.4. The van der Waals surface area contributed by atoms with Crippen LogP contribution in [0, 0.1) is 6.92 Å². The average Bonchev–Trinajstić information content (AvgIpc) is 3.49.